The second-order valence-corrected chi connectivity index (χ2v) is 3.26. The van der Waals surface area contributed by atoms with Crippen molar-refractivity contribution in [2.24, 2.45) is 5.73 Å². The average Bonchev–Trinajstić information content (AvgIpc) is 2.27. The summed E-state index contributed by atoms with van der Waals surface area (Å²) >= 11 is 0. The molecule has 0 aromatic heterocycles. The van der Waals surface area contributed by atoms with Gasteiger partial charge in [-0.15, -0.1) is 0 Å². The highest BCUT2D eigenvalue weighted by Crippen LogP contribution is 2.13. The van der Waals surface area contributed by atoms with E-state index in [9.17, 15) is 9.18 Å². The van der Waals surface area contributed by atoms with Crippen LogP contribution in [0.25, 0.3) is 0 Å². The first-order valence-electron chi connectivity index (χ1n) is 4.54. The Hall–Kier alpha value is -2.11. The van der Waals surface area contributed by atoms with Gasteiger partial charge in [0.15, 0.2) is 0 Å². The molecular formula is C10H13FN4O. The Morgan fingerprint density at radius 2 is 1.81 bits per heavy atom. The lowest BCUT2D eigenvalue weighted by Gasteiger charge is -2.25. The van der Waals surface area contributed by atoms with Gasteiger partial charge >= 0.3 is 6.03 Å². The molecule has 0 heterocycles. The van der Waals surface area contributed by atoms with E-state index in [1.807, 2.05) is 0 Å². The normalized spacial score (nSPS) is 9.69. The van der Waals surface area contributed by atoms with Gasteiger partial charge in [-0.1, -0.05) is 0 Å². The Balaban J connectivity index is 2.85. The number of urea groups is 1. The van der Waals surface area contributed by atoms with Gasteiger partial charge in [0.25, 0.3) is 0 Å². The van der Waals surface area contributed by atoms with Crippen LogP contribution in [0.5, 0.6) is 0 Å². The molecule has 0 aliphatic heterocycles. The van der Waals surface area contributed by atoms with Gasteiger partial charge in [-0.2, -0.15) is 0 Å². The smallest absolute Gasteiger partial charge is 0.321 e. The van der Waals surface area contributed by atoms with Crippen molar-refractivity contribution in [3.05, 3.63) is 30.1 Å². The highest BCUT2D eigenvalue weighted by atomic mass is 19.1. The summed E-state index contributed by atoms with van der Waals surface area (Å²) in [7, 11) is 2.99. The van der Waals surface area contributed by atoms with Crippen molar-refractivity contribution in [1.29, 1.82) is 5.41 Å². The quantitative estimate of drug-likeness (QED) is 0.555. The Morgan fingerprint density at radius 1 is 1.31 bits per heavy atom. The first-order chi connectivity index (χ1) is 7.43. The van der Waals surface area contributed by atoms with Crippen molar-refractivity contribution in [1.82, 2.24) is 4.90 Å². The SMILES string of the molecule is CN(C(=N)N(C)c1ccc(F)cc1)C(N)=O. The van der Waals surface area contributed by atoms with Gasteiger partial charge in [0.2, 0.25) is 5.96 Å². The highest BCUT2D eigenvalue weighted by molar-refractivity contribution is 6.02. The van der Waals surface area contributed by atoms with Crippen LogP contribution in [0.15, 0.2) is 24.3 Å². The minimum Gasteiger partial charge on any atom is -0.351 e. The summed E-state index contributed by atoms with van der Waals surface area (Å²) in [5.41, 5.74) is 5.63. The summed E-state index contributed by atoms with van der Waals surface area (Å²) in [6.45, 7) is 0. The summed E-state index contributed by atoms with van der Waals surface area (Å²) in [6.07, 6.45) is 0. The number of amides is 2. The molecular weight excluding hydrogens is 211 g/mol. The minimum atomic E-state index is -0.723. The Morgan fingerprint density at radius 3 is 2.25 bits per heavy atom. The number of rotatable bonds is 1. The van der Waals surface area contributed by atoms with Gasteiger partial charge in [-0.25, -0.2) is 9.18 Å². The van der Waals surface area contributed by atoms with Gasteiger partial charge in [0, 0.05) is 19.8 Å². The summed E-state index contributed by atoms with van der Waals surface area (Å²) in [5, 5.41) is 7.68. The van der Waals surface area contributed by atoms with E-state index in [-0.39, 0.29) is 11.8 Å². The molecule has 0 bridgehead atoms. The van der Waals surface area contributed by atoms with E-state index in [1.165, 1.54) is 36.2 Å². The molecule has 3 N–H and O–H groups in total. The van der Waals surface area contributed by atoms with E-state index in [2.05, 4.69) is 0 Å². The third-order valence-electron chi connectivity index (χ3n) is 2.18. The maximum Gasteiger partial charge on any atom is 0.321 e. The van der Waals surface area contributed by atoms with E-state index in [0.29, 0.717) is 5.69 Å². The third-order valence-corrected chi connectivity index (χ3v) is 2.18. The average molecular weight is 224 g/mol. The van der Waals surface area contributed by atoms with Crippen LogP contribution in [0.3, 0.4) is 0 Å². The van der Waals surface area contributed by atoms with E-state index in [4.69, 9.17) is 11.1 Å². The monoisotopic (exact) mass is 224 g/mol. The summed E-state index contributed by atoms with van der Waals surface area (Å²) in [5.74, 6) is -0.439. The molecule has 0 unspecified atom stereocenters. The van der Waals surface area contributed by atoms with Gasteiger partial charge in [-0.05, 0) is 24.3 Å². The van der Waals surface area contributed by atoms with Gasteiger partial charge < -0.3 is 10.6 Å². The molecule has 86 valence electrons. The van der Waals surface area contributed by atoms with Gasteiger partial charge in [-0.3, -0.25) is 10.3 Å². The van der Waals surface area contributed by atoms with E-state index >= 15 is 0 Å². The zero-order chi connectivity index (χ0) is 12.3. The van der Waals surface area contributed by atoms with Crippen molar-refractivity contribution in [3.63, 3.8) is 0 Å². The molecule has 1 rings (SSSR count). The topological polar surface area (TPSA) is 73.4 Å². The number of nitrogens with two attached hydrogens (primary N) is 1. The molecule has 16 heavy (non-hydrogen) atoms. The van der Waals surface area contributed by atoms with Gasteiger partial charge in [0.1, 0.15) is 5.82 Å². The molecule has 0 aliphatic rings. The molecule has 0 radical (unpaired) electrons. The van der Waals surface area contributed by atoms with Crippen LogP contribution in [0.1, 0.15) is 0 Å². The maximum atomic E-state index is 12.7. The van der Waals surface area contributed by atoms with E-state index in [1.54, 1.807) is 7.05 Å². The van der Waals surface area contributed by atoms with Crippen molar-refractivity contribution >= 4 is 17.7 Å². The maximum absolute atomic E-state index is 12.7. The molecule has 1 aromatic carbocycles. The number of hydrogen-bond donors (Lipinski definition) is 2. The molecule has 0 fully saturated rings. The number of hydrogen-bond acceptors (Lipinski definition) is 2. The second-order valence-electron chi connectivity index (χ2n) is 3.26. The van der Waals surface area contributed by atoms with Crippen molar-refractivity contribution in [3.8, 4) is 0 Å². The molecule has 0 saturated carbocycles. The number of anilines is 1. The lowest BCUT2D eigenvalue weighted by Crippen LogP contribution is -2.45. The third kappa shape index (κ3) is 2.47. The summed E-state index contributed by atoms with van der Waals surface area (Å²) in [4.78, 5) is 13.3. The summed E-state index contributed by atoms with van der Waals surface area (Å²) in [6, 6.07) is 4.86. The largest absolute Gasteiger partial charge is 0.351 e. The van der Waals surface area contributed by atoms with E-state index < -0.39 is 6.03 Å². The summed E-state index contributed by atoms with van der Waals surface area (Å²) < 4.78 is 12.7. The molecule has 0 aliphatic carbocycles. The van der Waals surface area contributed by atoms with Crippen molar-refractivity contribution < 1.29 is 9.18 Å². The highest BCUT2D eigenvalue weighted by Gasteiger charge is 2.15. The van der Waals surface area contributed by atoms with Crippen LogP contribution in [0.4, 0.5) is 14.9 Å². The molecule has 0 spiro atoms. The fourth-order valence-corrected chi connectivity index (χ4v) is 1.12. The Labute approximate surface area is 92.8 Å². The minimum absolute atomic E-state index is 0.0842. The lowest BCUT2D eigenvalue weighted by molar-refractivity contribution is 0.235. The molecule has 5 nitrogen and oxygen atoms in total. The van der Waals surface area contributed by atoms with Crippen LogP contribution in [0, 0.1) is 11.2 Å². The van der Waals surface area contributed by atoms with Crippen LogP contribution < -0.4 is 10.6 Å². The zero-order valence-corrected chi connectivity index (χ0v) is 9.07. The number of guanidine groups is 1. The molecule has 2 amide bonds. The number of nitrogens with zero attached hydrogens (tertiary/aromatic N) is 2. The molecule has 6 heteroatoms. The molecule has 0 atom stereocenters. The van der Waals surface area contributed by atoms with Crippen molar-refractivity contribution in [2.45, 2.75) is 0 Å². The molecule has 1 aromatic rings. The lowest BCUT2D eigenvalue weighted by atomic mass is 10.3. The van der Waals surface area contributed by atoms with Crippen molar-refractivity contribution in [2.75, 3.05) is 19.0 Å². The van der Waals surface area contributed by atoms with Crippen LogP contribution in [-0.2, 0) is 0 Å². The van der Waals surface area contributed by atoms with Crippen LogP contribution >= 0.6 is 0 Å². The zero-order valence-electron chi connectivity index (χ0n) is 9.07. The number of primary amides is 1. The predicted octanol–water partition coefficient (Wildman–Crippen LogP) is 1.21. The second kappa shape index (κ2) is 4.61. The number of benzene rings is 1. The number of carbonyl (C=O) groups excluding carboxylic acids is 1. The number of carbonyl (C=O) groups is 1. The van der Waals surface area contributed by atoms with Gasteiger partial charge in [0.05, 0.1) is 0 Å². The fraction of sp³-hybridized carbons (Fsp3) is 0.200. The predicted molar refractivity (Wildman–Crippen MR) is 59.9 cm³/mol. The molecule has 0 saturated heterocycles. The Bertz CT molecular complexity index is 404. The Kier molecular flexibility index (Phi) is 3.44. The van der Waals surface area contributed by atoms with E-state index in [0.717, 1.165) is 4.90 Å². The standard InChI is InChI=1S/C10H13FN4O/c1-14(9(12)15(2)10(13)16)8-5-3-7(11)4-6-8/h3-6,12H,1-2H3,(H2,13,16). The first-order valence-corrected chi connectivity index (χ1v) is 4.54. The first kappa shape index (κ1) is 12.0. The number of nitrogens with one attached hydrogen (secondary N) is 1. The van der Waals surface area contributed by atoms with Crippen LogP contribution in [-0.4, -0.2) is 31.0 Å². The van der Waals surface area contributed by atoms with Crippen LogP contribution in [0.2, 0.25) is 0 Å². The number of halogens is 1. The fourth-order valence-electron chi connectivity index (χ4n) is 1.12.